The molecule has 0 radical (unpaired) electrons. The van der Waals surface area contributed by atoms with Crippen LogP contribution in [0.4, 0.5) is 5.69 Å². The van der Waals surface area contributed by atoms with Gasteiger partial charge < -0.3 is 28.8 Å². The van der Waals surface area contributed by atoms with E-state index >= 15 is 0 Å². The molecule has 31 heavy (non-hydrogen) atoms. The van der Waals surface area contributed by atoms with Crippen LogP contribution in [-0.2, 0) is 14.3 Å². The van der Waals surface area contributed by atoms with Gasteiger partial charge in [-0.15, -0.1) is 0 Å². The molecule has 2 aliphatic rings. The predicted molar refractivity (Wildman–Crippen MR) is 114 cm³/mol. The number of fused-ring (bicyclic) bond motifs is 1. The number of carbonyl (C=O) groups excluding carboxylic acids is 2. The lowest BCUT2D eigenvalue weighted by Gasteiger charge is -2.28. The molecule has 1 saturated heterocycles. The standard InChI is InChI=1S/C23H26N2O6/c1-14(2)29-12-9-25-20(18-5-4-10-30-18)19(22(27)23(25)28)21(26)15-6-7-17-16(13-15)24(3)8-11-31-17/h4-7,10,13-14,20,26H,8-9,11-12H2,1-3H3/b21-19-. The average Bonchev–Trinajstić information content (AvgIpc) is 3.36. The number of amides is 1. The van der Waals surface area contributed by atoms with E-state index in [1.807, 2.05) is 25.8 Å². The Kier molecular flexibility index (Phi) is 5.73. The van der Waals surface area contributed by atoms with Gasteiger partial charge in [-0.3, -0.25) is 9.59 Å². The van der Waals surface area contributed by atoms with Crippen LogP contribution in [0.1, 0.15) is 31.2 Å². The third kappa shape index (κ3) is 3.90. The lowest BCUT2D eigenvalue weighted by atomic mass is 9.98. The fraction of sp³-hybridized carbons (Fsp3) is 0.391. The van der Waals surface area contributed by atoms with Gasteiger partial charge in [0.1, 0.15) is 29.9 Å². The molecule has 3 heterocycles. The van der Waals surface area contributed by atoms with Crippen molar-refractivity contribution in [3.63, 3.8) is 0 Å². The topological polar surface area (TPSA) is 92.5 Å². The number of hydrogen-bond donors (Lipinski definition) is 1. The van der Waals surface area contributed by atoms with Gasteiger partial charge in [0, 0.05) is 19.2 Å². The second-order valence-corrected chi connectivity index (χ2v) is 7.88. The van der Waals surface area contributed by atoms with Gasteiger partial charge in [-0.2, -0.15) is 0 Å². The highest BCUT2D eigenvalue weighted by molar-refractivity contribution is 6.46. The summed E-state index contributed by atoms with van der Waals surface area (Å²) in [4.78, 5) is 29.2. The smallest absolute Gasteiger partial charge is 0.295 e. The highest BCUT2D eigenvalue weighted by atomic mass is 16.5. The van der Waals surface area contributed by atoms with Crippen molar-refractivity contribution >= 4 is 23.1 Å². The number of aliphatic hydroxyl groups excluding tert-OH is 1. The maximum absolute atomic E-state index is 13.0. The highest BCUT2D eigenvalue weighted by Gasteiger charge is 2.47. The van der Waals surface area contributed by atoms with E-state index in [2.05, 4.69) is 0 Å². The minimum Gasteiger partial charge on any atom is -0.507 e. The number of Topliss-reactive ketones (excluding diaryl/α,β-unsaturated/α-hetero) is 1. The van der Waals surface area contributed by atoms with Crippen molar-refractivity contribution in [1.29, 1.82) is 0 Å². The van der Waals surface area contributed by atoms with Crippen LogP contribution in [0.15, 0.2) is 46.6 Å². The minimum absolute atomic E-state index is 0.00354. The van der Waals surface area contributed by atoms with Crippen LogP contribution in [0, 0.1) is 0 Å². The molecule has 1 aromatic heterocycles. The number of rotatable bonds is 6. The van der Waals surface area contributed by atoms with E-state index in [0.29, 0.717) is 30.2 Å². The Balaban J connectivity index is 1.76. The lowest BCUT2D eigenvalue weighted by molar-refractivity contribution is -0.140. The first kappa shape index (κ1) is 21.0. The highest BCUT2D eigenvalue weighted by Crippen LogP contribution is 2.41. The summed E-state index contributed by atoms with van der Waals surface area (Å²) in [6, 6.07) is 7.75. The summed E-state index contributed by atoms with van der Waals surface area (Å²) in [5, 5.41) is 11.1. The number of ether oxygens (including phenoxy) is 2. The van der Waals surface area contributed by atoms with Crippen LogP contribution < -0.4 is 9.64 Å². The second-order valence-electron chi connectivity index (χ2n) is 7.88. The first-order valence-corrected chi connectivity index (χ1v) is 10.3. The fourth-order valence-electron chi connectivity index (χ4n) is 3.89. The van der Waals surface area contributed by atoms with E-state index in [9.17, 15) is 14.7 Å². The van der Waals surface area contributed by atoms with Crippen molar-refractivity contribution in [2.24, 2.45) is 0 Å². The zero-order valence-corrected chi connectivity index (χ0v) is 17.8. The number of anilines is 1. The third-order valence-electron chi connectivity index (χ3n) is 5.46. The number of likely N-dealkylation sites (tertiary alicyclic amines) is 1. The molecule has 1 aromatic carbocycles. The van der Waals surface area contributed by atoms with Gasteiger partial charge in [0.25, 0.3) is 11.7 Å². The van der Waals surface area contributed by atoms with Crippen molar-refractivity contribution in [3.05, 3.63) is 53.5 Å². The zero-order chi connectivity index (χ0) is 22.1. The predicted octanol–water partition coefficient (Wildman–Crippen LogP) is 2.95. The molecule has 0 bridgehead atoms. The Hall–Kier alpha value is -3.26. The molecular formula is C23H26N2O6. The van der Waals surface area contributed by atoms with Crippen LogP contribution in [0.2, 0.25) is 0 Å². The van der Waals surface area contributed by atoms with Crippen molar-refractivity contribution in [1.82, 2.24) is 4.90 Å². The molecule has 1 amide bonds. The maximum Gasteiger partial charge on any atom is 0.295 e. The van der Waals surface area contributed by atoms with E-state index in [4.69, 9.17) is 13.9 Å². The van der Waals surface area contributed by atoms with Gasteiger partial charge in [-0.25, -0.2) is 0 Å². The molecule has 2 aromatic rings. The lowest BCUT2D eigenvalue weighted by Crippen LogP contribution is -2.33. The maximum atomic E-state index is 13.0. The molecule has 4 rings (SSSR count). The molecular weight excluding hydrogens is 400 g/mol. The third-order valence-corrected chi connectivity index (χ3v) is 5.46. The Bertz CT molecular complexity index is 1010. The SMILES string of the molecule is CC(C)OCCN1C(=O)C(=O)/C(=C(\O)c2ccc3c(c2)N(C)CCO3)C1c1ccco1. The number of furan rings is 1. The molecule has 0 aliphatic carbocycles. The number of nitrogens with zero attached hydrogens (tertiary/aromatic N) is 2. The van der Waals surface area contributed by atoms with Crippen molar-refractivity contribution in [2.75, 3.05) is 38.3 Å². The van der Waals surface area contributed by atoms with Crippen LogP contribution >= 0.6 is 0 Å². The zero-order valence-electron chi connectivity index (χ0n) is 17.8. The molecule has 164 valence electrons. The van der Waals surface area contributed by atoms with E-state index in [1.54, 1.807) is 30.3 Å². The van der Waals surface area contributed by atoms with Crippen molar-refractivity contribution < 1.29 is 28.6 Å². The molecule has 2 aliphatic heterocycles. The summed E-state index contributed by atoms with van der Waals surface area (Å²) in [6.45, 7) is 5.55. The molecule has 8 heteroatoms. The number of hydrogen-bond acceptors (Lipinski definition) is 7. The van der Waals surface area contributed by atoms with Crippen LogP contribution in [0.5, 0.6) is 5.75 Å². The Labute approximate surface area is 180 Å². The van der Waals surface area contributed by atoms with Gasteiger partial charge in [0.05, 0.1) is 36.8 Å². The fourth-order valence-corrected chi connectivity index (χ4v) is 3.89. The van der Waals surface area contributed by atoms with Crippen LogP contribution in [0.3, 0.4) is 0 Å². The van der Waals surface area contributed by atoms with Crippen molar-refractivity contribution in [2.45, 2.75) is 26.0 Å². The Morgan fingerprint density at radius 3 is 2.81 bits per heavy atom. The normalized spacial score (nSPS) is 20.3. The number of likely N-dealkylation sites (N-methyl/N-ethyl adjacent to an activating group) is 1. The number of benzene rings is 1. The second kappa shape index (κ2) is 8.47. The molecule has 1 N–H and O–H groups in total. The van der Waals surface area contributed by atoms with E-state index in [1.165, 1.54) is 11.2 Å². The van der Waals surface area contributed by atoms with Crippen LogP contribution in [0.25, 0.3) is 5.76 Å². The van der Waals surface area contributed by atoms with E-state index < -0.39 is 17.7 Å². The van der Waals surface area contributed by atoms with E-state index in [0.717, 1.165) is 5.69 Å². The quantitative estimate of drug-likeness (QED) is 0.431. The monoisotopic (exact) mass is 426 g/mol. The van der Waals surface area contributed by atoms with Gasteiger partial charge in [-0.05, 0) is 44.2 Å². The van der Waals surface area contributed by atoms with Gasteiger partial charge in [0.2, 0.25) is 0 Å². The summed E-state index contributed by atoms with van der Waals surface area (Å²) in [7, 11) is 1.93. The number of ketones is 1. The van der Waals surface area contributed by atoms with Crippen molar-refractivity contribution in [3.8, 4) is 5.75 Å². The molecule has 0 spiro atoms. The van der Waals surface area contributed by atoms with Crippen LogP contribution in [-0.4, -0.2) is 61.2 Å². The largest absolute Gasteiger partial charge is 0.507 e. The average molecular weight is 426 g/mol. The summed E-state index contributed by atoms with van der Waals surface area (Å²) in [5.74, 6) is -0.559. The first-order valence-electron chi connectivity index (χ1n) is 10.3. The molecule has 1 fully saturated rings. The number of aliphatic hydroxyl groups is 1. The summed E-state index contributed by atoms with van der Waals surface area (Å²) in [6.07, 6.45) is 1.47. The first-order chi connectivity index (χ1) is 14.9. The molecule has 8 nitrogen and oxygen atoms in total. The summed E-state index contributed by atoms with van der Waals surface area (Å²) in [5.41, 5.74) is 1.25. The minimum atomic E-state index is -0.823. The van der Waals surface area contributed by atoms with Gasteiger partial charge >= 0.3 is 0 Å². The molecule has 0 saturated carbocycles. The Morgan fingerprint density at radius 1 is 1.29 bits per heavy atom. The summed E-state index contributed by atoms with van der Waals surface area (Å²) >= 11 is 0. The van der Waals surface area contributed by atoms with Gasteiger partial charge in [-0.1, -0.05) is 0 Å². The molecule has 1 atom stereocenters. The Morgan fingerprint density at radius 2 is 2.10 bits per heavy atom. The summed E-state index contributed by atoms with van der Waals surface area (Å²) < 4.78 is 16.8. The number of carbonyl (C=O) groups is 2. The molecule has 1 unspecified atom stereocenters. The van der Waals surface area contributed by atoms with Gasteiger partial charge in [0.15, 0.2) is 0 Å². The van der Waals surface area contributed by atoms with E-state index in [-0.39, 0.29) is 30.6 Å².